The highest BCUT2D eigenvalue weighted by atomic mass is 16.6. The Labute approximate surface area is 183 Å². The average Bonchev–Trinajstić information content (AvgIpc) is 2.65. The highest BCUT2D eigenvalue weighted by Gasteiger charge is 2.51. The molecule has 1 unspecified atom stereocenters. The van der Waals surface area contributed by atoms with E-state index in [9.17, 15) is 14.4 Å². The van der Waals surface area contributed by atoms with Crippen LogP contribution in [0.1, 0.15) is 69.9 Å². The van der Waals surface area contributed by atoms with E-state index < -0.39 is 11.9 Å². The molecule has 0 aliphatic heterocycles. The third kappa shape index (κ3) is 4.09. The maximum absolute atomic E-state index is 13.3. The highest BCUT2D eigenvalue weighted by molar-refractivity contribution is 5.80. The summed E-state index contributed by atoms with van der Waals surface area (Å²) in [4.78, 5) is 36.3. The van der Waals surface area contributed by atoms with Crippen molar-refractivity contribution in [3.63, 3.8) is 0 Å². The minimum atomic E-state index is -0.472. The van der Waals surface area contributed by atoms with Crippen LogP contribution in [0.5, 0.6) is 11.5 Å². The summed E-state index contributed by atoms with van der Waals surface area (Å²) < 4.78 is 10.5. The molecule has 6 rings (SSSR count). The quantitative estimate of drug-likeness (QED) is 0.587. The molecular formula is C25H31NO5. The number of hydrogen-bond acceptors (Lipinski definition) is 5. The van der Waals surface area contributed by atoms with Gasteiger partial charge in [0, 0.05) is 25.3 Å². The fraction of sp³-hybridized carbons (Fsp3) is 0.640. The molecule has 0 saturated heterocycles. The maximum Gasteiger partial charge on any atom is 0.308 e. The lowest BCUT2D eigenvalue weighted by Gasteiger charge is -2.57. The van der Waals surface area contributed by atoms with E-state index >= 15 is 0 Å². The topological polar surface area (TPSA) is 81.7 Å². The minimum absolute atomic E-state index is 0.0220. The fourth-order valence-corrected chi connectivity index (χ4v) is 7.08. The van der Waals surface area contributed by atoms with Gasteiger partial charge < -0.3 is 14.8 Å². The van der Waals surface area contributed by atoms with Crippen LogP contribution in [0.4, 0.5) is 0 Å². The van der Waals surface area contributed by atoms with Crippen LogP contribution < -0.4 is 14.8 Å². The van der Waals surface area contributed by atoms with Crippen LogP contribution in [0.25, 0.3) is 0 Å². The van der Waals surface area contributed by atoms with Crippen LogP contribution in [-0.4, -0.2) is 23.4 Å². The lowest BCUT2D eigenvalue weighted by molar-refractivity contribution is -0.134. The Kier molecular flexibility index (Phi) is 5.06. The number of benzene rings is 1. The van der Waals surface area contributed by atoms with Crippen LogP contribution in [0.15, 0.2) is 12.1 Å². The van der Waals surface area contributed by atoms with Crippen LogP contribution in [0.2, 0.25) is 0 Å². The third-order valence-corrected chi connectivity index (χ3v) is 7.80. The van der Waals surface area contributed by atoms with Crippen molar-refractivity contribution in [3.05, 3.63) is 23.3 Å². The zero-order chi connectivity index (χ0) is 21.8. The highest BCUT2D eigenvalue weighted by Crippen LogP contribution is 2.55. The summed E-state index contributed by atoms with van der Waals surface area (Å²) in [7, 11) is 0. The molecule has 0 spiro atoms. The first-order valence-electron chi connectivity index (χ1n) is 11.6. The number of carbonyl (C=O) groups is 3. The molecule has 4 saturated carbocycles. The lowest BCUT2D eigenvalue weighted by Crippen LogP contribution is -2.60. The molecular weight excluding hydrogens is 394 g/mol. The smallest absolute Gasteiger partial charge is 0.308 e. The van der Waals surface area contributed by atoms with Crippen molar-refractivity contribution < 1.29 is 23.9 Å². The first kappa shape index (κ1) is 20.5. The molecule has 6 heteroatoms. The zero-order valence-electron chi connectivity index (χ0n) is 18.4. The number of hydrogen-bond donors (Lipinski definition) is 1. The minimum Gasteiger partial charge on any atom is -0.423 e. The molecule has 0 heterocycles. The molecule has 1 N–H and O–H groups in total. The average molecular weight is 426 g/mol. The van der Waals surface area contributed by atoms with E-state index in [1.54, 1.807) is 12.1 Å². The van der Waals surface area contributed by atoms with Gasteiger partial charge in [0.25, 0.3) is 0 Å². The van der Waals surface area contributed by atoms with Crippen LogP contribution >= 0.6 is 0 Å². The van der Waals surface area contributed by atoms with Crippen molar-refractivity contribution in [2.45, 2.75) is 77.2 Å². The monoisotopic (exact) mass is 425 g/mol. The summed E-state index contributed by atoms with van der Waals surface area (Å²) in [5.41, 5.74) is 2.06. The van der Waals surface area contributed by atoms with Gasteiger partial charge in [-0.25, -0.2) is 0 Å². The van der Waals surface area contributed by atoms with E-state index in [2.05, 4.69) is 5.32 Å². The van der Waals surface area contributed by atoms with Gasteiger partial charge >= 0.3 is 11.9 Å². The summed E-state index contributed by atoms with van der Waals surface area (Å²) in [5, 5.41) is 3.52. The Morgan fingerprint density at radius 1 is 0.871 bits per heavy atom. The van der Waals surface area contributed by atoms with Crippen LogP contribution in [0.3, 0.4) is 0 Å². The fourth-order valence-electron chi connectivity index (χ4n) is 7.08. The van der Waals surface area contributed by atoms with Gasteiger partial charge in [0.05, 0.1) is 0 Å². The molecule has 1 atom stereocenters. The maximum atomic E-state index is 13.3. The molecule has 5 aliphatic carbocycles. The van der Waals surface area contributed by atoms with Gasteiger partial charge in [-0.05, 0) is 98.8 Å². The normalized spacial score (nSPS) is 32.8. The van der Waals surface area contributed by atoms with E-state index in [1.165, 1.54) is 33.1 Å². The van der Waals surface area contributed by atoms with Crippen molar-refractivity contribution in [1.29, 1.82) is 0 Å². The molecule has 1 amide bonds. The predicted molar refractivity (Wildman–Crippen MR) is 114 cm³/mol. The number of aryl methyl sites for hydroxylation is 1. The van der Waals surface area contributed by atoms with E-state index in [4.69, 9.17) is 9.47 Å². The van der Waals surface area contributed by atoms with Crippen molar-refractivity contribution in [3.8, 4) is 11.5 Å². The number of fused-ring (bicyclic) bond motifs is 1. The summed E-state index contributed by atoms with van der Waals surface area (Å²) in [6.45, 7) is 2.64. The van der Waals surface area contributed by atoms with Crippen molar-refractivity contribution in [1.82, 2.24) is 5.32 Å². The van der Waals surface area contributed by atoms with Gasteiger partial charge in [-0.3, -0.25) is 14.4 Å². The Morgan fingerprint density at radius 3 is 1.90 bits per heavy atom. The van der Waals surface area contributed by atoms with E-state index in [0.29, 0.717) is 6.42 Å². The summed E-state index contributed by atoms with van der Waals surface area (Å²) in [5.74, 6) is 2.05. The van der Waals surface area contributed by atoms with Crippen LogP contribution in [0, 0.1) is 23.7 Å². The number of nitrogens with one attached hydrogen (secondary N) is 1. The predicted octanol–water partition coefficient (Wildman–Crippen LogP) is 3.73. The van der Waals surface area contributed by atoms with Crippen molar-refractivity contribution in [2.24, 2.45) is 23.7 Å². The van der Waals surface area contributed by atoms with Gasteiger partial charge in [-0.1, -0.05) is 0 Å². The molecule has 31 heavy (non-hydrogen) atoms. The molecule has 166 valence electrons. The molecule has 1 aromatic rings. The molecule has 0 radical (unpaired) electrons. The third-order valence-electron chi connectivity index (χ3n) is 7.80. The number of carbonyl (C=O) groups excluding carboxylic acids is 3. The SMILES string of the molecule is CC(=O)Oc1cc2c(cc1OC(C)=O)CC(C(=O)NC13CC4CC(CC(C4)C1)C3)CC2. The number of rotatable bonds is 4. The molecule has 0 aromatic heterocycles. The molecule has 5 aliphatic rings. The number of esters is 2. The van der Waals surface area contributed by atoms with Gasteiger partial charge in [0.2, 0.25) is 5.91 Å². The van der Waals surface area contributed by atoms with E-state index in [-0.39, 0.29) is 28.9 Å². The van der Waals surface area contributed by atoms with Gasteiger partial charge in [0.1, 0.15) is 0 Å². The summed E-state index contributed by atoms with van der Waals surface area (Å²) in [6.07, 6.45) is 9.65. The Morgan fingerprint density at radius 2 is 1.39 bits per heavy atom. The summed E-state index contributed by atoms with van der Waals surface area (Å²) >= 11 is 0. The van der Waals surface area contributed by atoms with E-state index in [1.807, 2.05) is 0 Å². The number of ether oxygens (including phenoxy) is 2. The van der Waals surface area contributed by atoms with Crippen molar-refractivity contribution >= 4 is 17.8 Å². The number of amides is 1. The van der Waals surface area contributed by atoms with Gasteiger partial charge in [-0.2, -0.15) is 0 Å². The largest absolute Gasteiger partial charge is 0.423 e. The molecule has 1 aromatic carbocycles. The second-order valence-electron chi connectivity index (χ2n) is 10.4. The Hall–Kier alpha value is -2.37. The second kappa shape index (κ2) is 7.64. The van der Waals surface area contributed by atoms with Crippen LogP contribution in [-0.2, 0) is 27.2 Å². The Bertz CT molecular complexity index is 901. The zero-order valence-corrected chi connectivity index (χ0v) is 18.4. The Balaban J connectivity index is 1.32. The van der Waals surface area contributed by atoms with E-state index in [0.717, 1.165) is 61.0 Å². The van der Waals surface area contributed by atoms with Gasteiger partial charge in [0.15, 0.2) is 11.5 Å². The second-order valence-corrected chi connectivity index (χ2v) is 10.4. The van der Waals surface area contributed by atoms with Crippen molar-refractivity contribution in [2.75, 3.05) is 0 Å². The molecule has 4 bridgehead atoms. The summed E-state index contributed by atoms with van der Waals surface area (Å²) in [6, 6.07) is 3.54. The van der Waals surface area contributed by atoms with Gasteiger partial charge in [-0.15, -0.1) is 0 Å². The first-order valence-corrected chi connectivity index (χ1v) is 11.6. The standard InChI is InChI=1S/C25H31NO5/c1-14(27)30-22-9-19-3-4-20(8-21(19)10-23(22)31-15(2)28)24(29)26-25-11-16-5-17(12-25)7-18(6-16)13-25/h9-10,16-18,20H,3-8,11-13H2,1-2H3,(H,26,29). The first-order chi connectivity index (χ1) is 14.8. The lowest BCUT2D eigenvalue weighted by atomic mass is 9.53. The molecule has 6 nitrogen and oxygen atoms in total. The molecule has 4 fully saturated rings.